The molecule has 0 heterocycles. The van der Waals surface area contributed by atoms with Gasteiger partial charge in [-0.2, -0.15) is 0 Å². The Morgan fingerprint density at radius 3 is 1.56 bits per heavy atom. The predicted molar refractivity (Wildman–Crippen MR) is 32.5 cm³/mol. The fourth-order valence-corrected chi connectivity index (χ4v) is 0. The second kappa shape index (κ2) is 16.3. The van der Waals surface area contributed by atoms with E-state index in [1.807, 2.05) is 6.92 Å². The Morgan fingerprint density at radius 2 is 1.56 bits per heavy atom. The molecular formula is C6H15KO2. The topological polar surface area (TPSA) is 43.3 Å². The first kappa shape index (κ1) is 16.9. The van der Waals surface area contributed by atoms with Gasteiger partial charge in [-0.25, -0.2) is 0 Å². The van der Waals surface area contributed by atoms with Crippen LogP contribution in [0, 0.1) is 0 Å². The molecule has 0 saturated heterocycles. The molecule has 0 atom stereocenters. The third-order valence-corrected chi connectivity index (χ3v) is 0.224. The zero-order valence-corrected chi connectivity index (χ0v) is 9.97. The summed E-state index contributed by atoms with van der Waals surface area (Å²) in [5.41, 5.74) is 0. The van der Waals surface area contributed by atoms with E-state index in [9.17, 15) is 5.11 Å². The second-order valence-electron chi connectivity index (χ2n) is 1.77. The van der Waals surface area contributed by atoms with Crippen molar-refractivity contribution in [3.63, 3.8) is 0 Å². The third kappa shape index (κ3) is 83.5. The van der Waals surface area contributed by atoms with Crippen molar-refractivity contribution in [1.29, 1.82) is 0 Å². The molecule has 0 aromatic rings. The molecule has 0 radical (unpaired) electrons. The fraction of sp³-hybridized carbons (Fsp3) is 1.00. The fourth-order valence-electron chi connectivity index (χ4n) is 0. The van der Waals surface area contributed by atoms with Gasteiger partial charge in [-0.1, -0.05) is 20.8 Å². The molecule has 3 heteroatoms. The van der Waals surface area contributed by atoms with Gasteiger partial charge in [0, 0.05) is 6.61 Å². The van der Waals surface area contributed by atoms with Crippen molar-refractivity contribution < 1.29 is 61.6 Å². The van der Waals surface area contributed by atoms with Gasteiger partial charge in [0.2, 0.25) is 0 Å². The van der Waals surface area contributed by atoms with Gasteiger partial charge in [0.15, 0.2) is 0 Å². The van der Waals surface area contributed by atoms with Gasteiger partial charge in [0.1, 0.15) is 0 Å². The van der Waals surface area contributed by atoms with E-state index < -0.39 is 6.10 Å². The summed E-state index contributed by atoms with van der Waals surface area (Å²) in [5.74, 6) is 0. The molecule has 2 nitrogen and oxygen atoms in total. The zero-order valence-electron chi connectivity index (χ0n) is 6.85. The minimum Gasteiger partial charge on any atom is -0.852 e. The molecule has 0 aromatic heterocycles. The standard InChI is InChI=1S/C3H7O.C3H8O.K/c1-3(2)4;1-2-3-4;/h3H,1-2H3;4H,2-3H2,1H3;/q-1;;+1. The second-order valence-corrected chi connectivity index (χ2v) is 1.77. The molecule has 0 saturated carbocycles. The minimum absolute atomic E-state index is 0. The van der Waals surface area contributed by atoms with Crippen LogP contribution in [-0.2, 0) is 0 Å². The van der Waals surface area contributed by atoms with Gasteiger partial charge in [-0.05, 0) is 6.42 Å². The average molecular weight is 158 g/mol. The third-order valence-electron chi connectivity index (χ3n) is 0.224. The summed E-state index contributed by atoms with van der Waals surface area (Å²) in [7, 11) is 0. The largest absolute Gasteiger partial charge is 1.00 e. The van der Waals surface area contributed by atoms with Crippen LogP contribution in [0.1, 0.15) is 27.2 Å². The summed E-state index contributed by atoms with van der Waals surface area (Å²) < 4.78 is 0. The van der Waals surface area contributed by atoms with Crippen LogP contribution in [0.3, 0.4) is 0 Å². The Hall–Kier alpha value is 1.56. The molecule has 1 N–H and O–H groups in total. The normalized spacial score (nSPS) is 7.33. The summed E-state index contributed by atoms with van der Waals surface area (Å²) in [5, 5.41) is 17.4. The van der Waals surface area contributed by atoms with Crippen LogP contribution in [0.25, 0.3) is 0 Å². The molecule has 0 aliphatic rings. The van der Waals surface area contributed by atoms with Crippen molar-refractivity contribution in [3.05, 3.63) is 0 Å². The average Bonchev–Trinajstić information content (AvgIpc) is 1.65. The number of aliphatic hydroxyl groups excluding tert-OH is 1. The van der Waals surface area contributed by atoms with Crippen molar-refractivity contribution in [1.82, 2.24) is 0 Å². The Morgan fingerprint density at radius 1 is 1.44 bits per heavy atom. The van der Waals surface area contributed by atoms with Gasteiger partial charge in [-0.3, -0.25) is 0 Å². The Kier molecular flexibility index (Phi) is 30.5. The monoisotopic (exact) mass is 158 g/mol. The predicted octanol–water partition coefficient (Wildman–Crippen LogP) is -2.85. The van der Waals surface area contributed by atoms with E-state index in [0.29, 0.717) is 6.61 Å². The molecule has 0 rings (SSSR count). The maximum atomic E-state index is 9.53. The molecule has 0 unspecified atom stereocenters. The van der Waals surface area contributed by atoms with E-state index in [4.69, 9.17) is 5.11 Å². The number of rotatable bonds is 1. The summed E-state index contributed by atoms with van der Waals surface area (Å²) in [6.45, 7) is 5.47. The molecule has 52 valence electrons. The Balaban J connectivity index is -0.0000000720. The summed E-state index contributed by atoms with van der Waals surface area (Å²) in [6.07, 6.45) is 0.458. The molecule has 9 heavy (non-hydrogen) atoms. The van der Waals surface area contributed by atoms with E-state index in [1.54, 1.807) is 13.8 Å². The van der Waals surface area contributed by atoms with Crippen molar-refractivity contribution in [2.24, 2.45) is 0 Å². The van der Waals surface area contributed by atoms with E-state index >= 15 is 0 Å². The SMILES string of the molecule is CC(C)[O-].CCCO.[K+]. The molecule has 0 spiro atoms. The number of hydrogen-bond acceptors (Lipinski definition) is 2. The van der Waals surface area contributed by atoms with Gasteiger partial charge in [0.05, 0.1) is 0 Å². The van der Waals surface area contributed by atoms with Crippen molar-refractivity contribution in [2.75, 3.05) is 6.61 Å². The maximum absolute atomic E-state index is 9.53. The van der Waals surface area contributed by atoms with Crippen LogP contribution in [0.5, 0.6) is 0 Å². The first-order valence-electron chi connectivity index (χ1n) is 2.91. The summed E-state index contributed by atoms with van der Waals surface area (Å²) >= 11 is 0. The Bertz CT molecular complexity index is 27.5. The van der Waals surface area contributed by atoms with Crippen LogP contribution in [0.15, 0.2) is 0 Å². The molecule has 0 fully saturated rings. The van der Waals surface area contributed by atoms with Crippen LogP contribution in [-0.4, -0.2) is 17.8 Å². The molecule has 0 bridgehead atoms. The molecule has 0 amide bonds. The van der Waals surface area contributed by atoms with Crippen LogP contribution < -0.4 is 56.5 Å². The Labute approximate surface area is 100 Å². The van der Waals surface area contributed by atoms with E-state index in [2.05, 4.69) is 0 Å². The zero-order chi connectivity index (χ0) is 6.99. The number of hydrogen-bond donors (Lipinski definition) is 1. The first-order chi connectivity index (χ1) is 3.65. The first-order valence-corrected chi connectivity index (χ1v) is 2.91. The van der Waals surface area contributed by atoms with Gasteiger partial charge < -0.3 is 10.2 Å². The van der Waals surface area contributed by atoms with Crippen molar-refractivity contribution >= 4 is 0 Å². The van der Waals surface area contributed by atoms with Crippen LogP contribution in [0.2, 0.25) is 0 Å². The van der Waals surface area contributed by atoms with Gasteiger partial charge in [0.25, 0.3) is 0 Å². The summed E-state index contributed by atoms with van der Waals surface area (Å²) in [6, 6.07) is 0. The van der Waals surface area contributed by atoms with E-state index in [-0.39, 0.29) is 51.4 Å². The van der Waals surface area contributed by atoms with Crippen LogP contribution in [0.4, 0.5) is 0 Å². The van der Waals surface area contributed by atoms with Crippen molar-refractivity contribution in [2.45, 2.75) is 33.3 Å². The smallest absolute Gasteiger partial charge is 0.852 e. The molecule has 0 aliphatic heterocycles. The van der Waals surface area contributed by atoms with Crippen molar-refractivity contribution in [3.8, 4) is 0 Å². The molecule has 0 aliphatic carbocycles. The van der Waals surface area contributed by atoms with E-state index in [0.717, 1.165) is 6.42 Å². The maximum Gasteiger partial charge on any atom is 1.00 e. The summed E-state index contributed by atoms with van der Waals surface area (Å²) in [4.78, 5) is 0. The van der Waals surface area contributed by atoms with Crippen LogP contribution >= 0.6 is 0 Å². The molecular weight excluding hydrogens is 143 g/mol. The quantitative estimate of drug-likeness (QED) is 0.417. The minimum atomic E-state index is -0.417. The van der Waals surface area contributed by atoms with Gasteiger partial charge in [-0.15, -0.1) is 6.10 Å². The van der Waals surface area contributed by atoms with Gasteiger partial charge >= 0.3 is 51.4 Å². The molecule has 0 aromatic carbocycles. The number of aliphatic hydroxyl groups is 1. The van der Waals surface area contributed by atoms with E-state index in [1.165, 1.54) is 0 Å².